The average Bonchev–Trinajstić information content (AvgIpc) is 3.71. The molecule has 0 bridgehead atoms. The molecule has 1 N–H and O–H groups in total. The number of aromatic nitrogens is 5. The number of H-pyrrole nitrogens is 1. The molecule has 12 nitrogen and oxygen atoms in total. The minimum absolute atomic E-state index is 0.141. The largest absolute Gasteiger partial charge is 0.493 e. The van der Waals surface area contributed by atoms with Gasteiger partial charge in [-0.25, -0.2) is 4.68 Å². The molecule has 2 aliphatic rings. The molecular weight excluding hydrogens is 514 g/mol. The van der Waals surface area contributed by atoms with E-state index >= 15 is 0 Å². The van der Waals surface area contributed by atoms with Crippen molar-refractivity contribution in [1.82, 2.24) is 35.0 Å². The Bertz CT molecular complexity index is 1530. The second-order valence-corrected chi connectivity index (χ2v) is 10.3. The van der Waals surface area contributed by atoms with Crippen molar-refractivity contribution in [2.75, 3.05) is 40.4 Å². The SMILES string of the molecule is COc1cc2cc([C@@H](c3nnnn3C3CCCCC3)N3CCN(C(=O)c4ccco4)CC3)c(=O)[nH]c2cc1OC. The van der Waals surface area contributed by atoms with E-state index in [9.17, 15) is 9.59 Å². The summed E-state index contributed by atoms with van der Waals surface area (Å²) in [6.07, 6.45) is 6.96. The van der Waals surface area contributed by atoms with Crippen LogP contribution >= 0.6 is 0 Å². The van der Waals surface area contributed by atoms with Crippen LogP contribution in [0.5, 0.6) is 11.5 Å². The second kappa shape index (κ2) is 11.1. The lowest BCUT2D eigenvalue weighted by molar-refractivity contribution is 0.0556. The van der Waals surface area contributed by atoms with Crippen molar-refractivity contribution in [2.24, 2.45) is 0 Å². The van der Waals surface area contributed by atoms with Crippen molar-refractivity contribution >= 4 is 16.8 Å². The molecule has 0 spiro atoms. The predicted octanol–water partition coefficient (Wildman–Crippen LogP) is 3.18. The number of hydrogen-bond acceptors (Lipinski definition) is 9. The molecule has 12 heteroatoms. The topological polar surface area (TPSA) is 132 Å². The van der Waals surface area contributed by atoms with Crippen LogP contribution in [0.4, 0.5) is 0 Å². The maximum absolute atomic E-state index is 13.7. The molecular formula is C28H33N7O5. The van der Waals surface area contributed by atoms with Crippen LogP contribution in [-0.2, 0) is 0 Å². The number of piperazine rings is 1. The number of aromatic amines is 1. The first-order valence-corrected chi connectivity index (χ1v) is 13.7. The monoisotopic (exact) mass is 547 g/mol. The van der Waals surface area contributed by atoms with Crippen LogP contribution in [-0.4, -0.2) is 81.3 Å². The molecule has 1 saturated heterocycles. The molecule has 1 aliphatic heterocycles. The van der Waals surface area contributed by atoms with Crippen molar-refractivity contribution in [2.45, 2.75) is 44.2 Å². The smallest absolute Gasteiger partial charge is 0.289 e. The van der Waals surface area contributed by atoms with E-state index in [0.717, 1.165) is 31.1 Å². The van der Waals surface area contributed by atoms with Crippen LogP contribution in [0.1, 0.15) is 66.1 Å². The van der Waals surface area contributed by atoms with Gasteiger partial charge in [-0.1, -0.05) is 19.3 Å². The maximum atomic E-state index is 13.7. The highest BCUT2D eigenvalue weighted by Gasteiger charge is 2.35. The number of pyridine rings is 1. The van der Waals surface area contributed by atoms with Gasteiger partial charge >= 0.3 is 0 Å². The first-order valence-electron chi connectivity index (χ1n) is 13.7. The summed E-state index contributed by atoms with van der Waals surface area (Å²) in [5, 5.41) is 13.8. The molecule has 2 fully saturated rings. The molecule has 0 unspecified atom stereocenters. The van der Waals surface area contributed by atoms with Gasteiger partial charge in [0, 0.05) is 43.2 Å². The Kier molecular flexibility index (Phi) is 7.25. The fourth-order valence-electron chi connectivity index (χ4n) is 5.96. The van der Waals surface area contributed by atoms with Gasteiger partial charge in [0.05, 0.1) is 32.0 Å². The molecule has 4 aromatic rings. The van der Waals surface area contributed by atoms with Gasteiger partial charge in [0.15, 0.2) is 23.1 Å². The van der Waals surface area contributed by atoms with Crippen LogP contribution in [0, 0.1) is 0 Å². The molecule has 1 aromatic carbocycles. The van der Waals surface area contributed by atoms with Crippen molar-refractivity contribution in [3.05, 3.63) is 64.1 Å². The van der Waals surface area contributed by atoms with E-state index in [1.165, 1.54) is 12.7 Å². The number of carbonyl (C=O) groups is 1. The lowest BCUT2D eigenvalue weighted by Crippen LogP contribution is -2.51. The summed E-state index contributed by atoms with van der Waals surface area (Å²) in [7, 11) is 3.15. The van der Waals surface area contributed by atoms with Crippen molar-refractivity contribution in [1.29, 1.82) is 0 Å². The van der Waals surface area contributed by atoms with Crippen molar-refractivity contribution < 1.29 is 18.7 Å². The van der Waals surface area contributed by atoms with Gasteiger partial charge in [-0.3, -0.25) is 14.5 Å². The number of fused-ring (bicyclic) bond motifs is 1. The standard InChI is InChI=1S/C28H33N7O5/c1-38-23-16-18-15-20(27(36)29-21(18)17-24(23)39-2)25(26-30-31-32-35(26)19-7-4-3-5-8-19)33-10-12-34(13-11-33)28(37)22-9-6-14-40-22/h6,9,14-17,19,25H,3-5,7-8,10-13H2,1-2H3,(H,29,36)/t25-/m0/s1. The summed E-state index contributed by atoms with van der Waals surface area (Å²) in [4.78, 5) is 33.6. The maximum Gasteiger partial charge on any atom is 0.289 e. The Hall–Kier alpha value is -4.19. The lowest BCUT2D eigenvalue weighted by Gasteiger charge is -2.38. The molecule has 210 valence electrons. The number of ether oxygens (including phenoxy) is 2. The Morgan fingerprint density at radius 1 is 1.05 bits per heavy atom. The van der Waals surface area contributed by atoms with E-state index in [2.05, 4.69) is 25.4 Å². The normalized spacial score (nSPS) is 17.7. The zero-order valence-electron chi connectivity index (χ0n) is 22.7. The number of amides is 1. The minimum Gasteiger partial charge on any atom is -0.493 e. The lowest BCUT2D eigenvalue weighted by atomic mass is 9.95. The Morgan fingerprint density at radius 2 is 1.80 bits per heavy atom. The molecule has 1 aliphatic carbocycles. The summed E-state index contributed by atoms with van der Waals surface area (Å²) in [5.41, 5.74) is 0.959. The summed E-state index contributed by atoms with van der Waals surface area (Å²) in [6, 6.07) is 8.58. The number of rotatable bonds is 7. The summed E-state index contributed by atoms with van der Waals surface area (Å²) >= 11 is 0. The van der Waals surface area contributed by atoms with Gasteiger partial charge in [0.2, 0.25) is 0 Å². The molecule has 0 radical (unpaired) electrons. The van der Waals surface area contributed by atoms with Gasteiger partial charge in [-0.15, -0.1) is 5.10 Å². The number of carbonyl (C=O) groups excluding carboxylic acids is 1. The quantitative estimate of drug-likeness (QED) is 0.370. The fraction of sp³-hybridized carbons (Fsp3) is 0.464. The molecule has 1 amide bonds. The van der Waals surface area contributed by atoms with E-state index in [0.29, 0.717) is 60.3 Å². The molecule has 1 saturated carbocycles. The molecule has 3 aromatic heterocycles. The number of furan rings is 1. The van der Waals surface area contributed by atoms with Crippen molar-refractivity contribution in [3.8, 4) is 11.5 Å². The number of methoxy groups -OCH3 is 2. The van der Waals surface area contributed by atoms with Crippen LogP contribution in [0.15, 0.2) is 45.8 Å². The van der Waals surface area contributed by atoms with Crippen molar-refractivity contribution in [3.63, 3.8) is 0 Å². The third-order valence-corrected chi connectivity index (χ3v) is 8.05. The Morgan fingerprint density at radius 3 is 2.50 bits per heavy atom. The summed E-state index contributed by atoms with van der Waals surface area (Å²) in [6.45, 7) is 2.05. The molecule has 40 heavy (non-hydrogen) atoms. The molecule has 1 atom stereocenters. The number of nitrogens with zero attached hydrogens (tertiary/aromatic N) is 6. The van der Waals surface area contributed by atoms with Crippen LogP contribution in [0.3, 0.4) is 0 Å². The fourth-order valence-corrected chi connectivity index (χ4v) is 5.96. The van der Waals surface area contributed by atoms with Gasteiger partial charge in [0.25, 0.3) is 11.5 Å². The van der Waals surface area contributed by atoms with Crippen LogP contribution < -0.4 is 15.0 Å². The van der Waals surface area contributed by atoms with E-state index in [1.807, 2.05) is 16.8 Å². The summed E-state index contributed by atoms with van der Waals surface area (Å²) < 4.78 is 18.2. The Balaban J connectivity index is 1.39. The van der Waals surface area contributed by atoms with E-state index in [-0.39, 0.29) is 17.5 Å². The third kappa shape index (κ3) is 4.83. The van der Waals surface area contributed by atoms with E-state index in [1.54, 1.807) is 37.3 Å². The Labute approximate surface area is 230 Å². The zero-order chi connectivity index (χ0) is 27.6. The highest BCUT2D eigenvalue weighted by Crippen LogP contribution is 2.35. The minimum atomic E-state index is -0.501. The van der Waals surface area contributed by atoms with Gasteiger partial charge in [-0.2, -0.15) is 0 Å². The van der Waals surface area contributed by atoms with Gasteiger partial charge in [0.1, 0.15) is 6.04 Å². The number of hydrogen-bond donors (Lipinski definition) is 1. The predicted molar refractivity (Wildman–Crippen MR) is 146 cm³/mol. The highest BCUT2D eigenvalue weighted by molar-refractivity contribution is 5.91. The van der Waals surface area contributed by atoms with E-state index in [4.69, 9.17) is 13.9 Å². The zero-order valence-corrected chi connectivity index (χ0v) is 22.7. The van der Waals surface area contributed by atoms with Gasteiger partial charge < -0.3 is 23.8 Å². The van der Waals surface area contributed by atoms with Crippen LogP contribution in [0.25, 0.3) is 10.9 Å². The second-order valence-electron chi connectivity index (χ2n) is 10.3. The van der Waals surface area contributed by atoms with Crippen LogP contribution in [0.2, 0.25) is 0 Å². The number of tetrazole rings is 1. The summed E-state index contributed by atoms with van der Waals surface area (Å²) in [5.74, 6) is 1.93. The first-order chi connectivity index (χ1) is 19.6. The van der Waals surface area contributed by atoms with Gasteiger partial charge in [-0.05, 0) is 47.5 Å². The number of benzene rings is 1. The molecule has 6 rings (SSSR count). The first kappa shape index (κ1) is 26.1. The highest BCUT2D eigenvalue weighted by atomic mass is 16.5. The average molecular weight is 548 g/mol. The number of nitrogens with one attached hydrogen (secondary N) is 1. The molecule has 4 heterocycles. The third-order valence-electron chi connectivity index (χ3n) is 8.05. The van der Waals surface area contributed by atoms with E-state index < -0.39 is 6.04 Å².